The second kappa shape index (κ2) is 8.05. The van der Waals surface area contributed by atoms with Crippen molar-refractivity contribution < 1.29 is 13.5 Å². The summed E-state index contributed by atoms with van der Waals surface area (Å²) in [6.45, 7) is 6.53. The van der Waals surface area contributed by atoms with Gasteiger partial charge in [0.15, 0.2) is 0 Å². The van der Waals surface area contributed by atoms with Gasteiger partial charge in [-0.3, -0.25) is 4.21 Å². The summed E-state index contributed by atoms with van der Waals surface area (Å²) in [7, 11) is 0.489. The van der Waals surface area contributed by atoms with Gasteiger partial charge in [0.05, 0.1) is 7.11 Å². The molecule has 5 nitrogen and oxygen atoms in total. The van der Waals surface area contributed by atoms with Crippen LogP contribution in [0, 0.1) is 0 Å². The monoisotopic (exact) mass is 384 g/mol. The first-order valence-electron chi connectivity index (χ1n) is 8.76. The van der Waals surface area contributed by atoms with Crippen molar-refractivity contribution in [3.8, 4) is 17.1 Å². The molecule has 0 fully saturated rings. The smallest absolute Gasteiger partial charge is 0.239 e. The minimum Gasteiger partial charge on any atom is -0.497 e. The molecule has 0 N–H and O–H groups in total. The third-order valence-corrected chi connectivity index (χ3v) is 5.45. The molecule has 27 heavy (non-hydrogen) atoms. The van der Waals surface area contributed by atoms with E-state index in [0.717, 1.165) is 16.9 Å². The van der Waals surface area contributed by atoms with Gasteiger partial charge >= 0.3 is 0 Å². The summed E-state index contributed by atoms with van der Waals surface area (Å²) in [5, 5.41) is 3.98. The summed E-state index contributed by atoms with van der Waals surface area (Å²) in [6, 6.07) is 15.7. The molecule has 0 aliphatic carbocycles. The molecule has 6 heteroatoms. The first-order chi connectivity index (χ1) is 12.8. The number of hydrogen-bond acceptors (Lipinski definition) is 5. The lowest BCUT2D eigenvalue weighted by Crippen LogP contribution is -2.10. The van der Waals surface area contributed by atoms with E-state index >= 15 is 0 Å². The van der Waals surface area contributed by atoms with Crippen molar-refractivity contribution >= 4 is 10.8 Å². The van der Waals surface area contributed by atoms with E-state index in [-0.39, 0.29) is 11.2 Å². The molecule has 0 radical (unpaired) electrons. The summed E-state index contributed by atoms with van der Waals surface area (Å²) in [5.74, 6) is 2.26. The van der Waals surface area contributed by atoms with Crippen LogP contribution in [0.15, 0.2) is 53.1 Å². The average molecular weight is 385 g/mol. The fourth-order valence-corrected chi connectivity index (χ4v) is 3.73. The topological polar surface area (TPSA) is 65.2 Å². The molecule has 0 bridgehead atoms. The molecule has 1 aromatic heterocycles. The molecular weight excluding hydrogens is 360 g/mol. The van der Waals surface area contributed by atoms with E-state index in [1.54, 1.807) is 7.11 Å². The van der Waals surface area contributed by atoms with Gasteiger partial charge in [-0.1, -0.05) is 62.3 Å². The zero-order chi connectivity index (χ0) is 19.4. The summed E-state index contributed by atoms with van der Waals surface area (Å²) in [4.78, 5) is 4.36. The maximum absolute atomic E-state index is 12.5. The quantitative estimate of drug-likeness (QED) is 0.626. The van der Waals surface area contributed by atoms with Gasteiger partial charge in [0, 0.05) is 22.1 Å². The summed E-state index contributed by atoms with van der Waals surface area (Å²) < 4.78 is 23.0. The average Bonchev–Trinajstić information content (AvgIpc) is 3.10. The first kappa shape index (κ1) is 19.3. The highest BCUT2D eigenvalue weighted by Gasteiger charge is 2.15. The van der Waals surface area contributed by atoms with Crippen molar-refractivity contribution in [2.24, 2.45) is 0 Å². The SMILES string of the molecule is COc1cccc(-c2noc(C[S@@](=O)Cc3ccc(C(C)(C)C)cc3)n2)c1. The largest absolute Gasteiger partial charge is 0.497 e. The number of aromatic nitrogens is 2. The zero-order valence-electron chi connectivity index (χ0n) is 16.1. The molecule has 1 heterocycles. The maximum Gasteiger partial charge on any atom is 0.239 e. The van der Waals surface area contributed by atoms with Crippen molar-refractivity contribution in [2.75, 3.05) is 7.11 Å². The van der Waals surface area contributed by atoms with Crippen LogP contribution in [0.1, 0.15) is 37.8 Å². The van der Waals surface area contributed by atoms with E-state index < -0.39 is 10.8 Å². The van der Waals surface area contributed by atoms with Crippen LogP contribution in [0.3, 0.4) is 0 Å². The molecule has 0 unspecified atom stereocenters. The zero-order valence-corrected chi connectivity index (χ0v) is 16.9. The van der Waals surface area contributed by atoms with Crippen LogP contribution >= 0.6 is 0 Å². The number of methoxy groups -OCH3 is 1. The van der Waals surface area contributed by atoms with E-state index in [4.69, 9.17) is 9.26 Å². The Kier molecular flexibility index (Phi) is 5.75. The van der Waals surface area contributed by atoms with Crippen molar-refractivity contribution in [3.05, 3.63) is 65.5 Å². The number of rotatable bonds is 6. The van der Waals surface area contributed by atoms with E-state index in [0.29, 0.717) is 17.5 Å². The van der Waals surface area contributed by atoms with Crippen LogP contribution in [0.2, 0.25) is 0 Å². The Morgan fingerprint density at radius 3 is 2.48 bits per heavy atom. The van der Waals surface area contributed by atoms with E-state index in [2.05, 4.69) is 43.0 Å². The molecule has 0 aliphatic heterocycles. The Bertz CT molecular complexity index is 927. The van der Waals surface area contributed by atoms with Crippen LogP contribution in [-0.4, -0.2) is 21.5 Å². The van der Waals surface area contributed by atoms with Crippen molar-refractivity contribution in [3.63, 3.8) is 0 Å². The Hall–Kier alpha value is -2.47. The Labute approximate surface area is 162 Å². The molecule has 0 spiro atoms. The first-order valence-corrected chi connectivity index (χ1v) is 10.3. The normalized spacial score (nSPS) is 12.7. The van der Waals surface area contributed by atoms with E-state index in [1.807, 2.05) is 36.4 Å². The van der Waals surface area contributed by atoms with E-state index in [9.17, 15) is 4.21 Å². The lowest BCUT2D eigenvalue weighted by molar-refractivity contribution is 0.390. The van der Waals surface area contributed by atoms with Gasteiger partial charge in [0.1, 0.15) is 11.5 Å². The van der Waals surface area contributed by atoms with Crippen molar-refractivity contribution in [1.29, 1.82) is 0 Å². The second-order valence-electron chi connectivity index (χ2n) is 7.42. The van der Waals surface area contributed by atoms with Crippen molar-refractivity contribution in [1.82, 2.24) is 10.1 Å². The lowest BCUT2D eigenvalue weighted by Gasteiger charge is -2.19. The van der Waals surface area contributed by atoms with E-state index in [1.165, 1.54) is 5.56 Å². The van der Waals surface area contributed by atoms with Gasteiger partial charge in [0.25, 0.3) is 0 Å². The molecular formula is C21H24N2O3S. The summed E-state index contributed by atoms with van der Waals surface area (Å²) in [6.07, 6.45) is 0. The molecule has 2 aromatic carbocycles. The molecule has 3 rings (SSSR count). The molecule has 0 aliphatic rings. The Morgan fingerprint density at radius 1 is 1.07 bits per heavy atom. The van der Waals surface area contributed by atoms with Crippen molar-refractivity contribution in [2.45, 2.75) is 37.7 Å². The fraction of sp³-hybridized carbons (Fsp3) is 0.333. The Balaban J connectivity index is 1.64. The molecule has 3 aromatic rings. The van der Waals surface area contributed by atoms with Gasteiger partial charge in [-0.25, -0.2) is 0 Å². The maximum atomic E-state index is 12.5. The summed E-state index contributed by atoms with van der Waals surface area (Å²) in [5.41, 5.74) is 3.21. The van der Waals surface area contributed by atoms with Crippen LogP contribution in [-0.2, 0) is 27.7 Å². The fourth-order valence-electron chi connectivity index (χ4n) is 2.67. The number of hydrogen-bond donors (Lipinski definition) is 0. The third-order valence-electron chi connectivity index (χ3n) is 4.23. The lowest BCUT2D eigenvalue weighted by atomic mass is 9.87. The highest BCUT2D eigenvalue weighted by Crippen LogP contribution is 2.23. The molecule has 1 atom stereocenters. The van der Waals surface area contributed by atoms with Crippen LogP contribution < -0.4 is 4.74 Å². The highest BCUT2D eigenvalue weighted by molar-refractivity contribution is 7.83. The van der Waals surface area contributed by atoms with Gasteiger partial charge in [-0.05, 0) is 28.7 Å². The Morgan fingerprint density at radius 2 is 1.81 bits per heavy atom. The van der Waals surface area contributed by atoms with Gasteiger partial charge < -0.3 is 9.26 Å². The highest BCUT2D eigenvalue weighted by atomic mass is 32.2. The predicted octanol–water partition coefficient (Wildman–Crippen LogP) is 4.49. The standard InChI is InChI=1S/C21H24N2O3S/c1-21(2,3)17-10-8-15(9-11-17)13-27(24)14-19-22-20(23-26-19)16-6-5-7-18(12-16)25-4/h5-12H,13-14H2,1-4H3/t27-/m0/s1. The minimum atomic E-state index is -1.12. The van der Waals surface area contributed by atoms with Crippen LogP contribution in [0.4, 0.5) is 0 Å². The predicted molar refractivity (Wildman–Crippen MR) is 107 cm³/mol. The summed E-state index contributed by atoms with van der Waals surface area (Å²) >= 11 is 0. The van der Waals surface area contributed by atoms with Crippen LogP contribution in [0.5, 0.6) is 5.75 Å². The second-order valence-corrected chi connectivity index (χ2v) is 8.88. The van der Waals surface area contributed by atoms with Gasteiger partial charge in [0.2, 0.25) is 11.7 Å². The molecule has 0 saturated heterocycles. The molecule has 142 valence electrons. The molecule has 0 amide bonds. The van der Waals surface area contributed by atoms with Gasteiger partial charge in [-0.15, -0.1) is 0 Å². The number of nitrogens with zero attached hydrogens (tertiary/aromatic N) is 2. The minimum absolute atomic E-state index is 0.109. The number of ether oxygens (including phenoxy) is 1. The molecule has 0 saturated carbocycles. The number of benzene rings is 2. The third kappa shape index (κ3) is 5.04. The van der Waals surface area contributed by atoms with Gasteiger partial charge in [-0.2, -0.15) is 4.98 Å². The van der Waals surface area contributed by atoms with Crippen LogP contribution in [0.25, 0.3) is 11.4 Å².